The van der Waals surface area contributed by atoms with Gasteiger partial charge in [0.05, 0.1) is 19.7 Å². The van der Waals surface area contributed by atoms with E-state index in [-0.39, 0.29) is 5.56 Å². The molecule has 29 heavy (non-hydrogen) atoms. The molecule has 8 heteroatoms. The number of hydrogen-bond acceptors (Lipinski definition) is 6. The minimum absolute atomic E-state index is 0.283. The molecule has 4 aromatic rings. The van der Waals surface area contributed by atoms with Gasteiger partial charge in [-0.1, -0.05) is 29.5 Å². The predicted molar refractivity (Wildman–Crippen MR) is 117 cm³/mol. The van der Waals surface area contributed by atoms with Crippen molar-refractivity contribution in [2.75, 3.05) is 20.5 Å². The molecule has 2 aromatic carbocycles. The third-order valence-corrected chi connectivity index (χ3v) is 7.07. The fourth-order valence-electron chi connectivity index (χ4n) is 3.08. The highest BCUT2D eigenvalue weighted by molar-refractivity contribution is 7.92. The Morgan fingerprint density at radius 3 is 2.55 bits per heavy atom. The molecule has 4 rings (SSSR count). The molecule has 0 aliphatic carbocycles. The number of benzene rings is 2. The van der Waals surface area contributed by atoms with E-state index in [0.717, 1.165) is 20.2 Å². The summed E-state index contributed by atoms with van der Waals surface area (Å²) in [6, 6.07) is 14.9. The number of fused-ring (bicyclic) bond motifs is 1. The van der Waals surface area contributed by atoms with Crippen molar-refractivity contribution in [3.05, 3.63) is 58.9 Å². The van der Waals surface area contributed by atoms with Gasteiger partial charge in [-0.2, -0.15) is 0 Å². The van der Waals surface area contributed by atoms with Crippen LogP contribution < -0.4 is 15.0 Å². The number of thiophene rings is 1. The maximum Gasteiger partial charge on any atom is 0.262 e. The van der Waals surface area contributed by atoms with E-state index in [2.05, 4.69) is 9.97 Å². The standard InChI is InChI=1S/C21H18N2O4S2/c1-26-14-10-15-19(16(11-14)27-2)21(24)23-20(22-15)13-6-4-5-12(9-13)17-7-8-18(28-17)29(3)25/h4-11H,1-3H3,(H,22,23,24). The lowest BCUT2D eigenvalue weighted by atomic mass is 10.1. The number of H-pyrrole nitrogens is 1. The number of ether oxygens (including phenoxy) is 2. The van der Waals surface area contributed by atoms with E-state index < -0.39 is 11.2 Å². The van der Waals surface area contributed by atoms with Gasteiger partial charge < -0.3 is 19.0 Å². The van der Waals surface area contributed by atoms with Crippen LogP contribution >= 0.6 is 11.3 Å². The van der Waals surface area contributed by atoms with Crippen molar-refractivity contribution in [3.63, 3.8) is 0 Å². The molecule has 2 aromatic heterocycles. The van der Waals surface area contributed by atoms with Gasteiger partial charge in [-0.15, -0.1) is 0 Å². The maximum absolute atomic E-state index is 12.7. The lowest BCUT2D eigenvalue weighted by Gasteiger charge is -2.09. The van der Waals surface area contributed by atoms with E-state index in [1.165, 1.54) is 18.4 Å². The smallest absolute Gasteiger partial charge is 0.262 e. The van der Waals surface area contributed by atoms with Gasteiger partial charge in [-0.05, 0) is 28.9 Å². The molecule has 0 fully saturated rings. The molecule has 0 amide bonds. The molecule has 1 N–H and O–H groups in total. The highest BCUT2D eigenvalue weighted by atomic mass is 32.2. The second-order valence-electron chi connectivity index (χ2n) is 6.29. The van der Waals surface area contributed by atoms with E-state index >= 15 is 0 Å². The zero-order chi connectivity index (χ0) is 20.5. The molecule has 0 bridgehead atoms. The van der Waals surface area contributed by atoms with Crippen LogP contribution in [-0.2, 0) is 11.2 Å². The lowest BCUT2D eigenvalue weighted by Crippen LogP contribution is -2.11. The monoisotopic (exact) mass is 426 g/mol. The van der Waals surface area contributed by atoms with Crippen molar-refractivity contribution in [2.45, 2.75) is 4.21 Å². The van der Waals surface area contributed by atoms with E-state index in [1.54, 1.807) is 25.5 Å². The molecule has 1 unspecified atom stereocenters. The highest BCUT2D eigenvalue weighted by Gasteiger charge is 2.14. The fourth-order valence-corrected chi connectivity index (χ4v) is 4.81. The van der Waals surface area contributed by atoms with Crippen LogP contribution in [0.4, 0.5) is 0 Å². The molecule has 0 aliphatic heterocycles. The Balaban J connectivity index is 1.83. The first-order valence-corrected chi connectivity index (χ1v) is 11.1. The summed E-state index contributed by atoms with van der Waals surface area (Å²) in [5.41, 5.74) is 1.95. The van der Waals surface area contributed by atoms with Gasteiger partial charge in [0.2, 0.25) is 4.21 Å². The third kappa shape index (κ3) is 3.74. The van der Waals surface area contributed by atoms with E-state index in [4.69, 9.17) is 9.47 Å². The van der Waals surface area contributed by atoms with Crippen LogP contribution in [0.25, 0.3) is 32.7 Å². The summed E-state index contributed by atoms with van der Waals surface area (Å²) in [5, 5.41) is 0.376. The first-order valence-electron chi connectivity index (χ1n) is 8.70. The second kappa shape index (κ2) is 7.90. The molecule has 0 spiro atoms. The Bertz CT molecular complexity index is 1250. The van der Waals surface area contributed by atoms with Crippen LogP contribution in [0.5, 0.6) is 11.5 Å². The average Bonchev–Trinajstić information content (AvgIpc) is 3.23. The number of hydrogen-bond donors (Lipinski definition) is 1. The molecule has 1 atom stereocenters. The van der Waals surface area contributed by atoms with Crippen LogP contribution in [0.15, 0.2) is 57.5 Å². The summed E-state index contributed by atoms with van der Waals surface area (Å²) in [6.45, 7) is 0. The van der Waals surface area contributed by atoms with Crippen LogP contribution in [-0.4, -0.2) is 35.0 Å². The molecule has 2 heterocycles. The van der Waals surface area contributed by atoms with Gasteiger partial charge >= 0.3 is 0 Å². The molecule has 0 saturated carbocycles. The second-order valence-corrected chi connectivity index (χ2v) is 8.98. The van der Waals surface area contributed by atoms with Gasteiger partial charge in [0.25, 0.3) is 5.56 Å². The number of nitrogens with zero attached hydrogens (tertiary/aromatic N) is 1. The predicted octanol–water partition coefficient (Wildman–Crippen LogP) is 4.07. The summed E-state index contributed by atoms with van der Waals surface area (Å²) < 4.78 is 23.1. The van der Waals surface area contributed by atoms with Gasteiger partial charge in [0.15, 0.2) is 0 Å². The number of nitrogens with one attached hydrogen (secondary N) is 1. The van der Waals surface area contributed by atoms with Gasteiger partial charge in [0.1, 0.15) is 29.0 Å². The summed E-state index contributed by atoms with van der Waals surface area (Å²) in [4.78, 5) is 21.2. The minimum atomic E-state index is -1.01. The Morgan fingerprint density at radius 2 is 1.86 bits per heavy atom. The number of aromatic amines is 1. The maximum atomic E-state index is 12.7. The Morgan fingerprint density at radius 1 is 1.07 bits per heavy atom. The van der Waals surface area contributed by atoms with E-state index in [0.29, 0.717) is 28.2 Å². The summed E-state index contributed by atoms with van der Waals surface area (Å²) >= 11 is 0.474. The first-order chi connectivity index (χ1) is 14.0. The van der Waals surface area contributed by atoms with Gasteiger partial charge in [-0.3, -0.25) is 4.79 Å². The van der Waals surface area contributed by atoms with Crippen molar-refractivity contribution in [2.24, 2.45) is 0 Å². The van der Waals surface area contributed by atoms with Crippen molar-refractivity contribution in [3.8, 4) is 33.3 Å². The Hall–Kier alpha value is -2.81. The van der Waals surface area contributed by atoms with Crippen molar-refractivity contribution < 1.29 is 14.0 Å². The van der Waals surface area contributed by atoms with Crippen molar-refractivity contribution >= 4 is 33.4 Å². The zero-order valence-electron chi connectivity index (χ0n) is 16.0. The van der Waals surface area contributed by atoms with Gasteiger partial charge in [0, 0.05) is 28.6 Å². The minimum Gasteiger partial charge on any atom is -0.611 e. The average molecular weight is 427 g/mol. The quantitative estimate of drug-likeness (QED) is 0.486. The number of rotatable bonds is 5. The normalized spacial score (nSPS) is 12.1. The Kier molecular flexibility index (Phi) is 5.31. The Labute approximate surface area is 174 Å². The third-order valence-electron chi connectivity index (χ3n) is 4.49. The van der Waals surface area contributed by atoms with Crippen LogP contribution in [0.1, 0.15) is 0 Å². The summed E-state index contributed by atoms with van der Waals surface area (Å²) in [6.07, 6.45) is 1.66. The van der Waals surface area contributed by atoms with E-state index in [9.17, 15) is 9.35 Å². The summed E-state index contributed by atoms with van der Waals surface area (Å²) in [5.74, 6) is 1.42. The van der Waals surface area contributed by atoms with Crippen molar-refractivity contribution in [1.29, 1.82) is 0 Å². The number of methoxy groups -OCH3 is 2. The molecule has 0 aliphatic rings. The molecule has 0 saturated heterocycles. The summed E-state index contributed by atoms with van der Waals surface area (Å²) in [7, 11) is 3.06. The molecule has 148 valence electrons. The molecule has 6 nitrogen and oxygen atoms in total. The lowest BCUT2D eigenvalue weighted by molar-refractivity contribution is 0.397. The van der Waals surface area contributed by atoms with E-state index in [1.807, 2.05) is 36.4 Å². The zero-order valence-corrected chi connectivity index (χ0v) is 17.6. The highest BCUT2D eigenvalue weighted by Crippen LogP contribution is 2.33. The largest absolute Gasteiger partial charge is 0.611 e. The van der Waals surface area contributed by atoms with Crippen LogP contribution in [0, 0.1) is 0 Å². The molecule has 0 radical (unpaired) electrons. The van der Waals surface area contributed by atoms with Gasteiger partial charge in [-0.25, -0.2) is 4.98 Å². The van der Waals surface area contributed by atoms with Crippen molar-refractivity contribution in [1.82, 2.24) is 9.97 Å². The first kappa shape index (κ1) is 19.5. The fraction of sp³-hybridized carbons (Fsp3) is 0.143. The SMILES string of the molecule is COc1cc(OC)c2c(=O)[nH]c(-c3cccc(-c4ccc([S+](C)[O-])s4)c3)nc2c1. The molecular formula is C21H18N2O4S2. The topological polar surface area (TPSA) is 87.3 Å². The number of aromatic nitrogens is 2. The van der Waals surface area contributed by atoms with Crippen LogP contribution in [0.3, 0.4) is 0 Å². The van der Waals surface area contributed by atoms with Crippen LogP contribution in [0.2, 0.25) is 0 Å². The molecular weight excluding hydrogens is 408 g/mol.